The first-order valence-electron chi connectivity index (χ1n) is 5.16. The number of nitrogens with one attached hydrogen (secondary N) is 1. The molecule has 9 heteroatoms. The van der Waals surface area contributed by atoms with E-state index in [0.717, 1.165) is 15.2 Å². The molecule has 0 atom stereocenters. The van der Waals surface area contributed by atoms with Crippen LogP contribution in [0.4, 0.5) is 0 Å². The van der Waals surface area contributed by atoms with Crippen molar-refractivity contribution in [1.29, 1.82) is 5.41 Å². The van der Waals surface area contributed by atoms with E-state index < -0.39 is 22.6 Å². The number of aryl methyl sites for hydroxylation is 1. The number of carbonyl (C=O) groups excluding carboxylic acids is 1. The number of hydrogen-bond donors (Lipinski definition) is 3. The summed E-state index contributed by atoms with van der Waals surface area (Å²) in [5.41, 5.74) is 2.63. The molecule has 9 nitrogen and oxygen atoms in total. The molecular weight excluding hydrogens is 254 g/mol. The van der Waals surface area contributed by atoms with Crippen LogP contribution in [0.2, 0.25) is 0 Å². The Labute approximate surface area is 105 Å². The number of rotatable bonds is 1. The summed E-state index contributed by atoms with van der Waals surface area (Å²) in [6, 6.07) is 1.09. The van der Waals surface area contributed by atoms with Crippen molar-refractivity contribution in [3.63, 3.8) is 0 Å². The normalized spacial score (nSPS) is 10.8. The molecule has 0 fully saturated rings. The smallest absolute Gasteiger partial charge is 0.332 e. The van der Waals surface area contributed by atoms with Crippen molar-refractivity contribution in [3.05, 3.63) is 38.0 Å². The third kappa shape index (κ3) is 1.55. The topological polar surface area (TPSA) is 136 Å². The maximum absolute atomic E-state index is 12.0. The number of pyridine rings is 1. The first-order valence-corrected chi connectivity index (χ1v) is 5.16. The fourth-order valence-electron chi connectivity index (χ4n) is 1.86. The molecule has 19 heavy (non-hydrogen) atoms. The van der Waals surface area contributed by atoms with E-state index in [1.54, 1.807) is 0 Å². The van der Waals surface area contributed by atoms with Gasteiger partial charge in [-0.3, -0.25) is 24.1 Å². The molecule has 0 aliphatic carbocycles. The van der Waals surface area contributed by atoms with E-state index in [0.29, 0.717) is 0 Å². The Bertz CT molecular complexity index is 886. The molecule has 0 radical (unpaired) electrons. The number of nitrogens with zero attached hydrogens (tertiary/aromatic N) is 3. The van der Waals surface area contributed by atoms with E-state index in [2.05, 4.69) is 0 Å². The summed E-state index contributed by atoms with van der Waals surface area (Å²) >= 11 is 0. The Balaban J connectivity index is 3.25. The van der Waals surface area contributed by atoms with Crippen molar-refractivity contribution in [2.24, 2.45) is 19.8 Å². The summed E-state index contributed by atoms with van der Waals surface area (Å²) in [5.74, 6) is -0.953. The highest BCUT2D eigenvalue weighted by Gasteiger charge is 2.16. The summed E-state index contributed by atoms with van der Waals surface area (Å²) in [5, 5.41) is 17.3. The van der Waals surface area contributed by atoms with Crippen LogP contribution in [0.1, 0.15) is 10.4 Å². The van der Waals surface area contributed by atoms with Crippen molar-refractivity contribution in [3.8, 4) is 0 Å². The van der Waals surface area contributed by atoms with Gasteiger partial charge in [0, 0.05) is 14.1 Å². The minimum absolute atomic E-state index is 0.0862. The van der Waals surface area contributed by atoms with Crippen LogP contribution in [0.3, 0.4) is 0 Å². The van der Waals surface area contributed by atoms with Gasteiger partial charge < -0.3 is 10.9 Å². The molecule has 0 spiro atoms. The standard InChI is InChI=1S/C10H11N5O4/c1-13-8-5(9(17)14(2)10(13)18)3-4(7(12)16)6(11)15(8)19/h3,11,19H,1-2H3,(H2,12,16). The molecule has 2 rings (SSSR count). The van der Waals surface area contributed by atoms with Gasteiger partial charge in [-0.2, -0.15) is 4.73 Å². The second-order valence-corrected chi connectivity index (χ2v) is 4.03. The van der Waals surface area contributed by atoms with Crippen LogP contribution in [-0.2, 0) is 14.1 Å². The first kappa shape index (κ1) is 12.6. The van der Waals surface area contributed by atoms with Gasteiger partial charge in [0.25, 0.3) is 11.5 Å². The van der Waals surface area contributed by atoms with Gasteiger partial charge in [0.1, 0.15) is 0 Å². The number of carbonyl (C=O) groups is 1. The number of hydrogen-bond acceptors (Lipinski definition) is 5. The zero-order chi connectivity index (χ0) is 14.5. The lowest BCUT2D eigenvalue weighted by Gasteiger charge is -2.11. The number of aromatic nitrogens is 3. The van der Waals surface area contributed by atoms with E-state index in [1.807, 2.05) is 0 Å². The van der Waals surface area contributed by atoms with Gasteiger partial charge in [0.2, 0.25) is 0 Å². The molecular formula is C10H11N5O4. The Morgan fingerprint density at radius 1 is 1.32 bits per heavy atom. The summed E-state index contributed by atoms with van der Waals surface area (Å²) in [7, 11) is 2.60. The second-order valence-electron chi connectivity index (χ2n) is 4.03. The van der Waals surface area contributed by atoms with Gasteiger partial charge in [-0.25, -0.2) is 4.79 Å². The molecule has 0 aromatic carbocycles. The van der Waals surface area contributed by atoms with Crippen LogP contribution >= 0.6 is 0 Å². The van der Waals surface area contributed by atoms with Crippen LogP contribution in [-0.4, -0.2) is 25.0 Å². The highest BCUT2D eigenvalue weighted by molar-refractivity contribution is 5.95. The Morgan fingerprint density at radius 2 is 1.89 bits per heavy atom. The Morgan fingerprint density at radius 3 is 2.42 bits per heavy atom. The zero-order valence-electron chi connectivity index (χ0n) is 10.2. The van der Waals surface area contributed by atoms with Crippen LogP contribution in [0.15, 0.2) is 15.7 Å². The van der Waals surface area contributed by atoms with Crippen LogP contribution in [0.25, 0.3) is 11.0 Å². The predicted octanol–water partition coefficient (Wildman–Crippen LogP) is -2.15. The number of fused-ring (bicyclic) bond motifs is 1. The maximum atomic E-state index is 12.0. The molecule has 2 aromatic rings. The van der Waals surface area contributed by atoms with Gasteiger partial charge in [0.05, 0.1) is 10.9 Å². The molecule has 0 saturated carbocycles. The molecule has 2 heterocycles. The van der Waals surface area contributed by atoms with E-state index in [1.165, 1.54) is 14.1 Å². The van der Waals surface area contributed by atoms with E-state index in [9.17, 15) is 19.6 Å². The van der Waals surface area contributed by atoms with Gasteiger partial charge in [0.15, 0.2) is 11.1 Å². The molecule has 0 aliphatic rings. The lowest BCUT2D eigenvalue weighted by atomic mass is 10.2. The van der Waals surface area contributed by atoms with Crippen molar-refractivity contribution in [1.82, 2.24) is 13.9 Å². The minimum Gasteiger partial charge on any atom is -0.425 e. The SMILES string of the molecule is Cn1c(=O)c2cc(C(N)=O)c(=N)n(O)c2n(C)c1=O. The van der Waals surface area contributed by atoms with Gasteiger partial charge in [-0.15, -0.1) is 0 Å². The quantitative estimate of drug-likeness (QED) is 0.506. The minimum atomic E-state index is -0.953. The third-order valence-corrected chi connectivity index (χ3v) is 2.89. The van der Waals surface area contributed by atoms with Crippen LogP contribution < -0.4 is 22.5 Å². The maximum Gasteiger partial charge on any atom is 0.332 e. The zero-order valence-corrected chi connectivity index (χ0v) is 10.2. The van der Waals surface area contributed by atoms with Gasteiger partial charge >= 0.3 is 5.69 Å². The van der Waals surface area contributed by atoms with Crippen molar-refractivity contribution in [2.45, 2.75) is 0 Å². The molecule has 0 bridgehead atoms. The monoisotopic (exact) mass is 265 g/mol. The van der Waals surface area contributed by atoms with E-state index >= 15 is 0 Å². The fraction of sp³-hybridized carbons (Fsp3) is 0.200. The van der Waals surface area contributed by atoms with Gasteiger partial charge in [-0.05, 0) is 6.07 Å². The largest absolute Gasteiger partial charge is 0.425 e. The van der Waals surface area contributed by atoms with Crippen LogP contribution in [0, 0.1) is 5.41 Å². The molecule has 0 saturated heterocycles. The van der Waals surface area contributed by atoms with Crippen molar-refractivity contribution < 1.29 is 10.0 Å². The van der Waals surface area contributed by atoms with Crippen LogP contribution in [0.5, 0.6) is 0 Å². The van der Waals surface area contributed by atoms with Crippen molar-refractivity contribution >= 4 is 16.9 Å². The highest BCUT2D eigenvalue weighted by Crippen LogP contribution is 2.05. The van der Waals surface area contributed by atoms with Crippen molar-refractivity contribution in [2.75, 3.05) is 0 Å². The summed E-state index contributed by atoms with van der Waals surface area (Å²) in [4.78, 5) is 34.9. The number of nitrogens with two attached hydrogens (primary N) is 1. The fourth-order valence-corrected chi connectivity index (χ4v) is 1.86. The van der Waals surface area contributed by atoms with E-state index in [-0.39, 0.29) is 21.3 Å². The molecule has 100 valence electrons. The molecule has 0 aliphatic heterocycles. The summed E-state index contributed by atoms with van der Waals surface area (Å²) in [6.45, 7) is 0. The first-order chi connectivity index (χ1) is 8.77. The number of primary amides is 1. The Kier molecular flexibility index (Phi) is 2.54. The average Bonchev–Trinajstić information content (AvgIpc) is 2.36. The Hall–Kier alpha value is -2.84. The molecule has 1 amide bonds. The molecule has 2 aromatic heterocycles. The lowest BCUT2D eigenvalue weighted by molar-refractivity contribution is 0.0991. The second kappa shape index (κ2) is 3.83. The molecule has 0 unspecified atom stereocenters. The molecule has 4 N–H and O–H groups in total. The van der Waals surface area contributed by atoms with E-state index in [4.69, 9.17) is 11.1 Å². The highest BCUT2D eigenvalue weighted by atomic mass is 16.5. The summed E-state index contributed by atoms with van der Waals surface area (Å²) in [6.07, 6.45) is 0. The lowest BCUT2D eigenvalue weighted by Crippen LogP contribution is -2.40. The predicted molar refractivity (Wildman–Crippen MR) is 64.0 cm³/mol. The van der Waals surface area contributed by atoms with Gasteiger partial charge in [-0.1, -0.05) is 0 Å². The average molecular weight is 265 g/mol. The number of amides is 1. The third-order valence-electron chi connectivity index (χ3n) is 2.89. The summed E-state index contributed by atoms with van der Waals surface area (Å²) < 4.78 is 2.12.